The van der Waals surface area contributed by atoms with Crippen LogP contribution in [0.3, 0.4) is 0 Å². The summed E-state index contributed by atoms with van der Waals surface area (Å²) in [5.41, 5.74) is 0.149. The van der Waals surface area contributed by atoms with E-state index >= 15 is 0 Å². The minimum atomic E-state index is -0.460. The van der Waals surface area contributed by atoms with Crippen molar-refractivity contribution in [2.45, 2.75) is 34.2 Å². The van der Waals surface area contributed by atoms with Crippen LogP contribution in [0, 0.1) is 28.4 Å². The van der Waals surface area contributed by atoms with E-state index in [9.17, 15) is 14.9 Å². The Hall–Kier alpha value is -1.30. The number of nitrogens with zero attached hydrogens (tertiary/aromatic N) is 2. The van der Waals surface area contributed by atoms with Crippen molar-refractivity contribution in [1.82, 2.24) is 4.57 Å². The molecule has 0 saturated heterocycles. The van der Waals surface area contributed by atoms with Gasteiger partial charge in [0, 0.05) is 18.2 Å². The Balaban J connectivity index is 3.18. The second-order valence-corrected chi connectivity index (χ2v) is 6.20. The fraction of sp³-hybridized carbons (Fsp3) is 0.615. The molecule has 1 atom stereocenters. The van der Waals surface area contributed by atoms with Gasteiger partial charge in [-0.3, -0.25) is 14.9 Å². The van der Waals surface area contributed by atoms with Gasteiger partial charge in [-0.1, -0.05) is 20.8 Å². The lowest BCUT2D eigenvalue weighted by Gasteiger charge is -2.29. The predicted octanol–water partition coefficient (Wildman–Crippen LogP) is 2.66. The fourth-order valence-electron chi connectivity index (χ4n) is 1.83. The molecule has 0 radical (unpaired) electrons. The summed E-state index contributed by atoms with van der Waals surface area (Å²) in [4.78, 5) is 22.4. The normalized spacial score (nSPS) is 13.3. The Morgan fingerprint density at radius 3 is 2.47 bits per heavy atom. The molecule has 0 spiro atoms. The third-order valence-corrected chi connectivity index (χ3v) is 3.80. The maximum Gasteiger partial charge on any atom is 0.288 e. The van der Waals surface area contributed by atoms with Crippen molar-refractivity contribution < 1.29 is 4.92 Å². The number of hydrogen-bond acceptors (Lipinski definition) is 4. The number of aromatic nitrogens is 1. The van der Waals surface area contributed by atoms with Gasteiger partial charge < -0.3 is 4.57 Å². The van der Waals surface area contributed by atoms with Crippen molar-refractivity contribution in [2.24, 2.45) is 11.3 Å². The number of rotatable bonds is 4. The second kappa shape index (κ2) is 5.77. The SMILES string of the molecule is Cc1cc(=O)n(CC(CS)C(C)(C)C)cc1[N+](=O)[O-]. The number of aryl methyl sites for hydroxylation is 1. The molecule has 0 aliphatic rings. The summed E-state index contributed by atoms with van der Waals surface area (Å²) in [5.74, 6) is 0.785. The zero-order chi connectivity index (χ0) is 14.8. The molecule has 0 aliphatic heterocycles. The highest BCUT2D eigenvalue weighted by molar-refractivity contribution is 7.80. The molecule has 1 aromatic heterocycles. The van der Waals surface area contributed by atoms with Gasteiger partial charge in [-0.2, -0.15) is 12.6 Å². The van der Waals surface area contributed by atoms with Gasteiger partial charge in [0.2, 0.25) is 0 Å². The van der Waals surface area contributed by atoms with E-state index in [1.807, 2.05) is 0 Å². The van der Waals surface area contributed by atoms with Crippen LogP contribution in [0.25, 0.3) is 0 Å². The first-order valence-electron chi connectivity index (χ1n) is 6.13. The van der Waals surface area contributed by atoms with Crippen LogP contribution in [0.5, 0.6) is 0 Å². The standard InChI is InChI=1S/C13H20N2O3S/c1-9-5-12(16)14(7-11(9)15(17)18)6-10(8-19)13(2,3)4/h5,7,10,19H,6,8H2,1-4H3. The van der Waals surface area contributed by atoms with Crippen LogP contribution in [-0.2, 0) is 6.54 Å². The Morgan fingerprint density at radius 2 is 2.05 bits per heavy atom. The highest BCUT2D eigenvalue weighted by Crippen LogP contribution is 2.28. The molecule has 1 aromatic rings. The van der Waals surface area contributed by atoms with Crippen molar-refractivity contribution in [3.05, 3.63) is 38.3 Å². The Labute approximate surface area is 118 Å². The quantitative estimate of drug-likeness (QED) is 0.525. The summed E-state index contributed by atoms with van der Waals surface area (Å²) < 4.78 is 1.41. The first-order valence-corrected chi connectivity index (χ1v) is 6.76. The van der Waals surface area contributed by atoms with Gasteiger partial charge >= 0.3 is 0 Å². The molecular weight excluding hydrogens is 264 g/mol. The van der Waals surface area contributed by atoms with E-state index in [0.29, 0.717) is 17.9 Å². The molecule has 0 aliphatic carbocycles. The van der Waals surface area contributed by atoms with E-state index in [4.69, 9.17) is 0 Å². The van der Waals surface area contributed by atoms with Crippen LogP contribution in [0.4, 0.5) is 5.69 Å². The second-order valence-electron chi connectivity index (χ2n) is 5.83. The molecule has 0 N–H and O–H groups in total. The highest BCUT2D eigenvalue weighted by atomic mass is 32.1. The summed E-state index contributed by atoms with van der Waals surface area (Å²) in [5, 5.41) is 10.9. The third kappa shape index (κ3) is 3.83. The van der Waals surface area contributed by atoms with Gasteiger partial charge in [0.05, 0.1) is 11.1 Å². The molecule has 1 rings (SSSR count). The minimum Gasteiger partial charge on any atom is -0.308 e. The Kier molecular flexibility index (Phi) is 4.79. The average molecular weight is 284 g/mol. The molecule has 1 heterocycles. The maximum absolute atomic E-state index is 11.9. The van der Waals surface area contributed by atoms with Gasteiger partial charge in [0.25, 0.3) is 11.2 Å². The number of pyridine rings is 1. The van der Waals surface area contributed by atoms with Gasteiger partial charge in [-0.25, -0.2) is 0 Å². The highest BCUT2D eigenvalue weighted by Gasteiger charge is 2.25. The molecule has 0 aromatic carbocycles. The lowest BCUT2D eigenvalue weighted by Crippen LogP contribution is -2.31. The monoisotopic (exact) mass is 284 g/mol. The van der Waals surface area contributed by atoms with Gasteiger partial charge in [0.1, 0.15) is 0 Å². The van der Waals surface area contributed by atoms with E-state index in [1.165, 1.54) is 16.8 Å². The molecule has 19 heavy (non-hydrogen) atoms. The fourth-order valence-corrected chi connectivity index (χ4v) is 2.50. The molecule has 0 saturated carbocycles. The van der Waals surface area contributed by atoms with Crippen LogP contribution in [0.15, 0.2) is 17.1 Å². The molecule has 0 amide bonds. The zero-order valence-corrected chi connectivity index (χ0v) is 12.6. The Morgan fingerprint density at radius 1 is 1.47 bits per heavy atom. The van der Waals surface area contributed by atoms with E-state index < -0.39 is 4.92 Å². The van der Waals surface area contributed by atoms with Crippen LogP contribution in [0.2, 0.25) is 0 Å². The van der Waals surface area contributed by atoms with Crippen molar-refractivity contribution in [1.29, 1.82) is 0 Å². The summed E-state index contributed by atoms with van der Waals surface area (Å²) in [6, 6.07) is 1.32. The summed E-state index contributed by atoms with van der Waals surface area (Å²) in [7, 11) is 0. The smallest absolute Gasteiger partial charge is 0.288 e. The van der Waals surface area contributed by atoms with E-state index in [1.54, 1.807) is 6.92 Å². The van der Waals surface area contributed by atoms with Crippen molar-refractivity contribution in [2.75, 3.05) is 5.75 Å². The largest absolute Gasteiger partial charge is 0.308 e. The number of thiol groups is 1. The topological polar surface area (TPSA) is 65.1 Å². The first kappa shape index (κ1) is 15.8. The summed E-state index contributed by atoms with van der Waals surface area (Å²) >= 11 is 4.31. The lowest BCUT2D eigenvalue weighted by molar-refractivity contribution is -0.386. The average Bonchev–Trinajstić information content (AvgIpc) is 2.25. The van der Waals surface area contributed by atoms with Gasteiger partial charge in [0.15, 0.2) is 0 Å². The van der Waals surface area contributed by atoms with E-state index in [0.717, 1.165) is 0 Å². The van der Waals surface area contributed by atoms with Gasteiger partial charge in [-0.05, 0) is 24.0 Å². The molecule has 0 fully saturated rings. The molecule has 5 nitrogen and oxygen atoms in total. The van der Waals surface area contributed by atoms with E-state index in [-0.39, 0.29) is 22.6 Å². The summed E-state index contributed by atoms with van der Waals surface area (Å²) in [6.45, 7) is 8.22. The van der Waals surface area contributed by atoms with E-state index in [2.05, 4.69) is 33.4 Å². The zero-order valence-electron chi connectivity index (χ0n) is 11.7. The van der Waals surface area contributed by atoms with Crippen molar-refractivity contribution >= 4 is 18.3 Å². The molecule has 1 unspecified atom stereocenters. The van der Waals surface area contributed by atoms with Crippen LogP contribution >= 0.6 is 12.6 Å². The van der Waals surface area contributed by atoms with Gasteiger partial charge in [-0.15, -0.1) is 0 Å². The number of hydrogen-bond donors (Lipinski definition) is 1. The van der Waals surface area contributed by atoms with Crippen LogP contribution in [0.1, 0.15) is 26.3 Å². The molecule has 106 valence electrons. The third-order valence-electron chi connectivity index (χ3n) is 3.36. The lowest BCUT2D eigenvalue weighted by atomic mass is 9.82. The Bertz CT molecular complexity index is 532. The molecular formula is C13H20N2O3S. The summed E-state index contributed by atoms with van der Waals surface area (Å²) in [6.07, 6.45) is 1.33. The van der Waals surface area contributed by atoms with Crippen LogP contribution < -0.4 is 5.56 Å². The number of nitro groups is 1. The van der Waals surface area contributed by atoms with Crippen molar-refractivity contribution in [3.63, 3.8) is 0 Å². The first-order chi connectivity index (χ1) is 8.66. The maximum atomic E-state index is 11.9. The van der Waals surface area contributed by atoms with Crippen LogP contribution in [-0.4, -0.2) is 15.2 Å². The predicted molar refractivity (Wildman–Crippen MR) is 78.9 cm³/mol. The molecule has 0 bridgehead atoms. The minimum absolute atomic E-state index is 0.0130. The molecule has 6 heteroatoms. The van der Waals surface area contributed by atoms with Crippen molar-refractivity contribution in [3.8, 4) is 0 Å².